The zero-order valence-corrected chi connectivity index (χ0v) is 17.8. The van der Waals surface area contributed by atoms with Gasteiger partial charge in [0.05, 0.1) is 35.3 Å². The summed E-state index contributed by atoms with van der Waals surface area (Å²) in [4.78, 5) is 49.8. The summed E-state index contributed by atoms with van der Waals surface area (Å²) in [5.74, 6) is 0.584. The standard InChI is InChI=1S/C20H21N5O3S2/c26-16(23-12-4-3-7-21-8-12)9-22-17(27)11-29-10-15-24-19(28)18-13-5-1-2-6-14(13)30-20(18)25-15/h3-4,7-8H,1-2,5-6,9-11H2,(H,22,27)(H,23,26)(H,24,25,28). The first kappa shape index (κ1) is 20.5. The van der Waals surface area contributed by atoms with E-state index in [-0.39, 0.29) is 29.7 Å². The van der Waals surface area contributed by atoms with Crippen molar-refractivity contribution in [2.45, 2.75) is 31.4 Å². The van der Waals surface area contributed by atoms with Gasteiger partial charge in [-0.1, -0.05) is 0 Å². The van der Waals surface area contributed by atoms with Gasteiger partial charge in [0.1, 0.15) is 10.7 Å². The largest absolute Gasteiger partial charge is 0.346 e. The van der Waals surface area contributed by atoms with Crippen LogP contribution < -0.4 is 16.2 Å². The van der Waals surface area contributed by atoms with Crippen LogP contribution in [0.15, 0.2) is 29.3 Å². The average Bonchev–Trinajstić information content (AvgIpc) is 3.12. The van der Waals surface area contributed by atoms with Crippen LogP contribution in [-0.4, -0.2) is 39.1 Å². The fourth-order valence-corrected chi connectivity index (χ4v) is 5.39. The van der Waals surface area contributed by atoms with Gasteiger partial charge < -0.3 is 15.6 Å². The molecule has 3 aromatic rings. The van der Waals surface area contributed by atoms with E-state index in [4.69, 9.17) is 0 Å². The minimum Gasteiger partial charge on any atom is -0.346 e. The van der Waals surface area contributed by atoms with E-state index in [9.17, 15) is 14.4 Å². The van der Waals surface area contributed by atoms with Gasteiger partial charge in [0, 0.05) is 11.1 Å². The molecular formula is C20H21N5O3S2. The third-order valence-corrected chi connectivity index (χ3v) is 6.87. The molecule has 0 saturated heterocycles. The number of anilines is 1. The highest BCUT2D eigenvalue weighted by molar-refractivity contribution is 7.99. The molecule has 3 heterocycles. The number of rotatable bonds is 7. The van der Waals surface area contributed by atoms with Crippen molar-refractivity contribution >= 4 is 50.8 Å². The van der Waals surface area contributed by atoms with Gasteiger partial charge in [0.15, 0.2) is 0 Å². The maximum atomic E-state index is 12.5. The lowest BCUT2D eigenvalue weighted by atomic mass is 9.97. The number of aromatic amines is 1. The summed E-state index contributed by atoms with van der Waals surface area (Å²) in [6.07, 6.45) is 7.39. The van der Waals surface area contributed by atoms with Gasteiger partial charge in [-0.2, -0.15) is 0 Å². The fraction of sp³-hybridized carbons (Fsp3) is 0.350. The van der Waals surface area contributed by atoms with Gasteiger partial charge >= 0.3 is 0 Å². The van der Waals surface area contributed by atoms with Gasteiger partial charge in [0.2, 0.25) is 11.8 Å². The van der Waals surface area contributed by atoms with Gasteiger partial charge in [0.25, 0.3) is 5.56 Å². The lowest BCUT2D eigenvalue weighted by Crippen LogP contribution is -2.33. The van der Waals surface area contributed by atoms with Crippen LogP contribution in [0.25, 0.3) is 10.2 Å². The molecule has 0 saturated carbocycles. The second-order valence-corrected chi connectivity index (χ2v) is 9.03. The predicted molar refractivity (Wildman–Crippen MR) is 119 cm³/mol. The average molecular weight is 444 g/mol. The second-order valence-electron chi connectivity index (χ2n) is 6.96. The monoisotopic (exact) mass is 443 g/mol. The quantitative estimate of drug-likeness (QED) is 0.516. The number of amides is 2. The van der Waals surface area contributed by atoms with Gasteiger partial charge in [-0.3, -0.25) is 19.4 Å². The number of carbonyl (C=O) groups excluding carboxylic acids is 2. The van der Waals surface area contributed by atoms with Gasteiger partial charge in [-0.15, -0.1) is 23.1 Å². The molecule has 0 fully saturated rings. The summed E-state index contributed by atoms with van der Waals surface area (Å²) in [6.45, 7) is -0.115. The molecule has 156 valence electrons. The minimum absolute atomic E-state index is 0.0912. The number of hydrogen-bond donors (Lipinski definition) is 3. The number of nitrogens with zero attached hydrogens (tertiary/aromatic N) is 2. The maximum Gasteiger partial charge on any atom is 0.259 e. The molecule has 0 aliphatic heterocycles. The third kappa shape index (κ3) is 4.88. The lowest BCUT2D eigenvalue weighted by molar-refractivity contribution is -0.122. The smallest absolute Gasteiger partial charge is 0.259 e. The lowest BCUT2D eigenvalue weighted by Gasteiger charge is -2.09. The molecule has 0 atom stereocenters. The number of aromatic nitrogens is 3. The van der Waals surface area contributed by atoms with E-state index in [1.807, 2.05) is 0 Å². The molecule has 0 unspecified atom stereocenters. The number of aryl methyl sites for hydroxylation is 2. The second kappa shape index (κ2) is 9.40. The normalized spacial score (nSPS) is 13.1. The Morgan fingerprint density at radius 2 is 2.10 bits per heavy atom. The van der Waals surface area contributed by atoms with Crippen LogP contribution in [0.2, 0.25) is 0 Å². The molecule has 0 spiro atoms. The maximum absolute atomic E-state index is 12.5. The van der Waals surface area contributed by atoms with Crippen LogP contribution in [0.3, 0.4) is 0 Å². The van der Waals surface area contributed by atoms with Crippen molar-refractivity contribution in [2.24, 2.45) is 0 Å². The molecule has 8 nitrogen and oxygen atoms in total. The Labute approximate surface area is 180 Å². The van der Waals surface area contributed by atoms with Crippen molar-refractivity contribution in [3.63, 3.8) is 0 Å². The number of hydrogen-bond acceptors (Lipinski definition) is 7. The summed E-state index contributed by atoms with van der Waals surface area (Å²) in [6, 6.07) is 3.43. The molecule has 0 aromatic carbocycles. The van der Waals surface area contributed by atoms with E-state index in [1.54, 1.807) is 29.7 Å². The number of fused-ring (bicyclic) bond motifs is 3. The molecule has 1 aliphatic rings. The Hall–Kier alpha value is -2.72. The summed E-state index contributed by atoms with van der Waals surface area (Å²) < 4.78 is 0. The van der Waals surface area contributed by atoms with Crippen LogP contribution in [0.5, 0.6) is 0 Å². The van der Waals surface area contributed by atoms with Crippen molar-refractivity contribution in [1.29, 1.82) is 0 Å². The molecule has 30 heavy (non-hydrogen) atoms. The first-order valence-electron chi connectivity index (χ1n) is 9.68. The Balaban J connectivity index is 1.27. The molecule has 1 aliphatic carbocycles. The fourth-order valence-electron chi connectivity index (χ4n) is 3.39. The van der Waals surface area contributed by atoms with Crippen LogP contribution in [0.1, 0.15) is 29.1 Å². The van der Waals surface area contributed by atoms with Crippen LogP contribution in [-0.2, 0) is 28.2 Å². The number of H-pyrrole nitrogens is 1. The Morgan fingerprint density at radius 1 is 1.23 bits per heavy atom. The highest BCUT2D eigenvalue weighted by atomic mass is 32.2. The number of pyridine rings is 1. The predicted octanol–water partition coefficient (Wildman–Crippen LogP) is 2.25. The Morgan fingerprint density at radius 3 is 2.93 bits per heavy atom. The van der Waals surface area contributed by atoms with E-state index < -0.39 is 0 Å². The van der Waals surface area contributed by atoms with Crippen LogP contribution >= 0.6 is 23.1 Å². The number of nitrogens with one attached hydrogen (secondary N) is 3. The van der Waals surface area contributed by atoms with Crippen LogP contribution in [0.4, 0.5) is 5.69 Å². The summed E-state index contributed by atoms with van der Waals surface area (Å²) in [5.41, 5.74) is 1.65. The molecular weight excluding hydrogens is 422 g/mol. The molecule has 0 bridgehead atoms. The zero-order chi connectivity index (χ0) is 20.9. The Bertz CT molecular complexity index is 1130. The van der Waals surface area contributed by atoms with Gasteiger partial charge in [-0.05, 0) is 43.4 Å². The number of thiophene rings is 1. The summed E-state index contributed by atoms with van der Waals surface area (Å²) in [5, 5.41) is 5.97. The SMILES string of the molecule is O=C(CSCc1nc2sc3c(c2c(=O)[nH]1)CCCC3)NCC(=O)Nc1cccnc1. The van der Waals surface area contributed by atoms with Crippen molar-refractivity contribution in [2.75, 3.05) is 17.6 Å². The van der Waals surface area contributed by atoms with E-state index in [0.717, 1.165) is 41.5 Å². The third-order valence-electron chi connectivity index (χ3n) is 4.74. The van der Waals surface area contributed by atoms with Gasteiger partial charge in [-0.25, -0.2) is 4.98 Å². The molecule has 3 N–H and O–H groups in total. The Kier molecular flexibility index (Phi) is 6.44. The highest BCUT2D eigenvalue weighted by Gasteiger charge is 2.19. The topological polar surface area (TPSA) is 117 Å². The van der Waals surface area contributed by atoms with Crippen molar-refractivity contribution in [1.82, 2.24) is 20.3 Å². The van der Waals surface area contributed by atoms with Crippen molar-refractivity contribution in [3.05, 3.63) is 51.1 Å². The molecule has 10 heteroatoms. The van der Waals surface area contributed by atoms with Crippen molar-refractivity contribution < 1.29 is 9.59 Å². The number of carbonyl (C=O) groups is 2. The molecule has 4 rings (SSSR count). The first-order valence-corrected chi connectivity index (χ1v) is 11.6. The molecule has 2 amide bonds. The van der Waals surface area contributed by atoms with E-state index in [1.165, 1.54) is 22.8 Å². The molecule has 3 aromatic heterocycles. The summed E-state index contributed by atoms with van der Waals surface area (Å²) >= 11 is 2.95. The van der Waals surface area contributed by atoms with Crippen molar-refractivity contribution in [3.8, 4) is 0 Å². The van der Waals surface area contributed by atoms with E-state index in [0.29, 0.717) is 17.3 Å². The van der Waals surface area contributed by atoms with E-state index in [2.05, 4.69) is 25.6 Å². The first-order chi connectivity index (χ1) is 14.6. The zero-order valence-electron chi connectivity index (χ0n) is 16.2. The summed E-state index contributed by atoms with van der Waals surface area (Å²) in [7, 11) is 0. The van der Waals surface area contributed by atoms with Crippen LogP contribution in [0, 0.1) is 0 Å². The highest BCUT2D eigenvalue weighted by Crippen LogP contribution is 2.33. The minimum atomic E-state index is -0.320. The van der Waals surface area contributed by atoms with E-state index >= 15 is 0 Å². The number of thioether (sulfide) groups is 1. The molecule has 0 radical (unpaired) electrons.